The van der Waals surface area contributed by atoms with Crippen molar-refractivity contribution >= 4 is 5.91 Å². The van der Waals surface area contributed by atoms with Gasteiger partial charge in [0.05, 0.1) is 13.2 Å². The number of nitrogens with zero attached hydrogens (tertiary/aromatic N) is 2. The van der Waals surface area contributed by atoms with Crippen molar-refractivity contribution in [2.24, 2.45) is 0 Å². The predicted molar refractivity (Wildman–Crippen MR) is 108 cm³/mol. The number of aryl methyl sites for hydroxylation is 1. The highest BCUT2D eigenvalue weighted by atomic mass is 16.5. The van der Waals surface area contributed by atoms with Crippen LogP contribution < -0.4 is 4.74 Å². The minimum Gasteiger partial charge on any atom is -0.491 e. The summed E-state index contributed by atoms with van der Waals surface area (Å²) in [6.45, 7) is 4.05. The second-order valence-corrected chi connectivity index (χ2v) is 6.88. The van der Waals surface area contributed by atoms with Gasteiger partial charge >= 0.3 is 0 Å². The van der Waals surface area contributed by atoms with Gasteiger partial charge in [0.25, 0.3) is 5.91 Å². The first kappa shape index (κ1) is 19.9. The number of terminal acetylenes is 1. The zero-order valence-electron chi connectivity index (χ0n) is 16.3. The van der Waals surface area contributed by atoms with Crippen LogP contribution in [0.3, 0.4) is 0 Å². The van der Waals surface area contributed by atoms with Crippen molar-refractivity contribution in [2.75, 3.05) is 26.3 Å². The molecule has 2 heterocycles. The summed E-state index contributed by atoms with van der Waals surface area (Å²) in [6.07, 6.45) is 10.3. The van der Waals surface area contributed by atoms with E-state index in [-0.39, 0.29) is 12.0 Å². The molecule has 5 heteroatoms. The lowest BCUT2D eigenvalue weighted by atomic mass is 10.1. The summed E-state index contributed by atoms with van der Waals surface area (Å²) < 4.78 is 11.6. The van der Waals surface area contributed by atoms with Gasteiger partial charge in [-0.1, -0.05) is 31.4 Å². The number of morpholine rings is 1. The van der Waals surface area contributed by atoms with Gasteiger partial charge in [-0.25, -0.2) is 0 Å². The number of ether oxygens (including phenoxy) is 2. The van der Waals surface area contributed by atoms with Crippen LogP contribution in [-0.2, 0) is 11.2 Å². The van der Waals surface area contributed by atoms with Crippen LogP contribution in [0.25, 0.3) is 0 Å². The smallest absolute Gasteiger partial charge is 0.272 e. The summed E-state index contributed by atoms with van der Waals surface area (Å²) in [7, 11) is 0. The number of amides is 1. The molecule has 3 rings (SSSR count). The Balaban J connectivity index is 1.55. The summed E-state index contributed by atoms with van der Waals surface area (Å²) in [6, 6.07) is 11.2. The normalized spacial score (nSPS) is 16.4. The molecule has 1 aliphatic heterocycles. The number of carbonyl (C=O) groups is 1. The standard InChI is InChI=1S/C23H26N2O3/c1-3-5-7-19-10-11-22(24-15-19)23(26)25-12-13-27-21(16-25)17-28-20-9-6-8-18(4-2)14-20/h2,6,8-11,14-15,21H,3,5,7,12-13,16-17H2,1H3. The predicted octanol–water partition coefficient (Wildman–Crippen LogP) is 3.33. The molecule has 1 amide bonds. The first-order valence-corrected chi connectivity index (χ1v) is 9.75. The molecular formula is C23H26N2O3. The largest absolute Gasteiger partial charge is 0.491 e. The summed E-state index contributed by atoms with van der Waals surface area (Å²) >= 11 is 0. The summed E-state index contributed by atoms with van der Waals surface area (Å²) in [5, 5.41) is 0. The monoisotopic (exact) mass is 378 g/mol. The molecule has 146 valence electrons. The molecule has 2 aromatic rings. The van der Waals surface area contributed by atoms with E-state index < -0.39 is 0 Å². The maximum atomic E-state index is 12.8. The van der Waals surface area contributed by atoms with Crippen molar-refractivity contribution in [3.63, 3.8) is 0 Å². The summed E-state index contributed by atoms with van der Waals surface area (Å²) in [4.78, 5) is 18.9. The lowest BCUT2D eigenvalue weighted by Gasteiger charge is -2.32. The fourth-order valence-electron chi connectivity index (χ4n) is 3.11. The van der Waals surface area contributed by atoms with Gasteiger partial charge in [0, 0.05) is 18.3 Å². The quantitative estimate of drug-likeness (QED) is 0.694. The van der Waals surface area contributed by atoms with Gasteiger partial charge < -0.3 is 14.4 Å². The number of aromatic nitrogens is 1. The fourth-order valence-corrected chi connectivity index (χ4v) is 3.11. The number of unbranched alkanes of at least 4 members (excludes halogenated alkanes) is 1. The lowest BCUT2D eigenvalue weighted by Crippen LogP contribution is -2.47. The zero-order chi connectivity index (χ0) is 19.8. The molecule has 0 aliphatic carbocycles. The van der Waals surface area contributed by atoms with Gasteiger partial charge in [0.2, 0.25) is 0 Å². The van der Waals surface area contributed by atoms with Crippen molar-refractivity contribution in [1.29, 1.82) is 0 Å². The highest BCUT2D eigenvalue weighted by Gasteiger charge is 2.26. The molecule has 28 heavy (non-hydrogen) atoms. The van der Waals surface area contributed by atoms with Crippen molar-refractivity contribution in [3.8, 4) is 18.1 Å². The highest BCUT2D eigenvalue weighted by molar-refractivity contribution is 5.92. The van der Waals surface area contributed by atoms with Crippen LogP contribution in [0.5, 0.6) is 5.75 Å². The maximum Gasteiger partial charge on any atom is 0.272 e. The van der Waals surface area contributed by atoms with Crippen LogP contribution in [0.15, 0.2) is 42.6 Å². The first-order chi connectivity index (χ1) is 13.7. The van der Waals surface area contributed by atoms with E-state index >= 15 is 0 Å². The van der Waals surface area contributed by atoms with Gasteiger partial charge in [-0.3, -0.25) is 9.78 Å². The third-order valence-electron chi connectivity index (χ3n) is 4.73. The topological polar surface area (TPSA) is 51.7 Å². The van der Waals surface area contributed by atoms with E-state index in [2.05, 4.69) is 17.8 Å². The van der Waals surface area contributed by atoms with E-state index in [1.54, 1.807) is 4.90 Å². The number of hydrogen-bond acceptors (Lipinski definition) is 4. The highest BCUT2D eigenvalue weighted by Crippen LogP contribution is 2.15. The SMILES string of the molecule is C#Cc1cccc(OCC2CN(C(=O)c3ccc(CCCC)cn3)CCO2)c1. The second-order valence-electron chi connectivity index (χ2n) is 6.88. The van der Waals surface area contributed by atoms with E-state index in [1.807, 2.05) is 42.6 Å². The Kier molecular flexibility index (Phi) is 7.05. The number of hydrogen-bond donors (Lipinski definition) is 0. The molecular weight excluding hydrogens is 352 g/mol. The van der Waals surface area contributed by atoms with Gasteiger partial charge in [-0.05, 0) is 42.7 Å². The Morgan fingerprint density at radius 1 is 1.39 bits per heavy atom. The van der Waals surface area contributed by atoms with Gasteiger partial charge in [0.15, 0.2) is 0 Å². The van der Waals surface area contributed by atoms with Crippen LogP contribution >= 0.6 is 0 Å². The molecule has 1 aliphatic rings. The van der Waals surface area contributed by atoms with Crippen LogP contribution in [0.4, 0.5) is 0 Å². The van der Waals surface area contributed by atoms with E-state index in [0.29, 0.717) is 37.7 Å². The Hall–Kier alpha value is -2.84. The molecule has 0 spiro atoms. The molecule has 1 aromatic heterocycles. The molecule has 1 unspecified atom stereocenters. The van der Waals surface area contributed by atoms with E-state index in [0.717, 1.165) is 24.8 Å². The zero-order valence-corrected chi connectivity index (χ0v) is 16.3. The number of carbonyl (C=O) groups excluding carboxylic acids is 1. The van der Waals surface area contributed by atoms with Crippen LogP contribution in [0.1, 0.15) is 41.4 Å². The van der Waals surface area contributed by atoms with Gasteiger partial charge in [-0.15, -0.1) is 6.42 Å². The van der Waals surface area contributed by atoms with Crippen LogP contribution in [-0.4, -0.2) is 48.2 Å². The molecule has 1 atom stereocenters. The van der Waals surface area contributed by atoms with Crippen molar-refractivity contribution in [3.05, 3.63) is 59.4 Å². The Bertz CT molecular complexity index is 826. The molecule has 0 bridgehead atoms. The van der Waals surface area contributed by atoms with Crippen LogP contribution in [0.2, 0.25) is 0 Å². The molecule has 0 saturated carbocycles. The minimum atomic E-state index is -0.184. The third kappa shape index (κ3) is 5.34. The van der Waals surface area contributed by atoms with Crippen molar-refractivity contribution in [1.82, 2.24) is 9.88 Å². The molecule has 1 saturated heterocycles. The van der Waals surface area contributed by atoms with E-state index in [9.17, 15) is 4.79 Å². The molecule has 1 aromatic carbocycles. The van der Waals surface area contributed by atoms with E-state index in [4.69, 9.17) is 15.9 Å². The van der Waals surface area contributed by atoms with Gasteiger partial charge in [-0.2, -0.15) is 0 Å². The Labute approximate surface area is 166 Å². The molecule has 1 fully saturated rings. The maximum absolute atomic E-state index is 12.8. The number of benzene rings is 1. The number of rotatable bonds is 7. The van der Waals surface area contributed by atoms with E-state index in [1.165, 1.54) is 5.56 Å². The Morgan fingerprint density at radius 2 is 2.29 bits per heavy atom. The molecule has 0 radical (unpaired) electrons. The van der Waals surface area contributed by atoms with Gasteiger partial charge in [0.1, 0.15) is 24.2 Å². The lowest BCUT2D eigenvalue weighted by molar-refractivity contribution is -0.0402. The number of pyridine rings is 1. The fraction of sp³-hybridized carbons (Fsp3) is 0.391. The Morgan fingerprint density at radius 3 is 3.04 bits per heavy atom. The summed E-state index contributed by atoms with van der Waals surface area (Å²) in [5.41, 5.74) is 2.41. The molecule has 0 N–H and O–H groups in total. The third-order valence-corrected chi connectivity index (χ3v) is 4.73. The first-order valence-electron chi connectivity index (χ1n) is 9.75. The van der Waals surface area contributed by atoms with Crippen molar-refractivity contribution < 1.29 is 14.3 Å². The average Bonchev–Trinajstić information content (AvgIpc) is 2.76. The van der Waals surface area contributed by atoms with Crippen molar-refractivity contribution in [2.45, 2.75) is 32.3 Å². The minimum absolute atomic E-state index is 0.0651. The summed E-state index contributed by atoms with van der Waals surface area (Å²) in [5.74, 6) is 3.23. The molecule has 5 nitrogen and oxygen atoms in total. The average molecular weight is 378 g/mol. The second kappa shape index (κ2) is 9.91. The van der Waals surface area contributed by atoms with Crippen LogP contribution in [0, 0.1) is 12.3 Å².